The molecule has 13 heavy (non-hydrogen) atoms. The molecule has 0 radical (unpaired) electrons. The van der Waals surface area contributed by atoms with Crippen LogP contribution in [0.3, 0.4) is 0 Å². The van der Waals surface area contributed by atoms with Gasteiger partial charge in [0, 0.05) is 22.1 Å². The molecule has 0 unspecified atom stereocenters. The lowest BCUT2D eigenvalue weighted by Gasteiger charge is -2.04. The van der Waals surface area contributed by atoms with Gasteiger partial charge in [0.05, 0.1) is 0 Å². The lowest BCUT2D eigenvalue weighted by atomic mass is 10.2. The molecule has 1 aromatic carbocycles. The fourth-order valence-corrected chi connectivity index (χ4v) is 1.95. The maximum absolute atomic E-state index is 10.7. The quantitative estimate of drug-likeness (QED) is 0.836. The van der Waals surface area contributed by atoms with E-state index in [0.717, 1.165) is 14.2 Å². The molecule has 0 saturated heterocycles. The van der Waals surface area contributed by atoms with Crippen molar-refractivity contribution in [1.29, 1.82) is 0 Å². The average molecular weight is 310 g/mol. The summed E-state index contributed by atoms with van der Waals surface area (Å²) in [5.74, 6) is -0.0225. The van der Waals surface area contributed by atoms with E-state index < -0.39 is 0 Å². The van der Waals surface area contributed by atoms with Gasteiger partial charge in [-0.1, -0.05) is 17.7 Å². The summed E-state index contributed by atoms with van der Waals surface area (Å²) in [6.45, 7) is 2.06. The van der Waals surface area contributed by atoms with Crippen molar-refractivity contribution >= 4 is 40.1 Å². The van der Waals surface area contributed by atoms with Gasteiger partial charge in [0.1, 0.15) is 0 Å². The monoisotopic (exact) mass is 309 g/mol. The Bertz CT molecular complexity index is 327. The average Bonchev–Trinajstić information content (AvgIpc) is 2.02. The molecule has 0 heterocycles. The summed E-state index contributed by atoms with van der Waals surface area (Å²) in [4.78, 5) is 10.7. The fourth-order valence-electron chi connectivity index (χ4n) is 0.885. The van der Waals surface area contributed by atoms with Crippen molar-refractivity contribution in [1.82, 2.24) is 5.32 Å². The van der Waals surface area contributed by atoms with Gasteiger partial charge in [-0.05, 0) is 40.3 Å². The normalized spacial score (nSPS) is 9.77. The maximum atomic E-state index is 10.7. The van der Waals surface area contributed by atoms with Crippen LogP contribution in [0.4, 0.5) is 0 Å². The molecule has 1 aromatic rings. The molecular weight excluding hydrogens is 300 g/mol. The maximum Gasteiger partial charge on any atom is 0.217 e. The minimum atomic E-state index is -0.0225. The molecule has 0 aromatic heterocycles. The van der Waals surface area contributed by atoms with Gasteiger partial charge in [0.15, 0.2) is 0 Å². The van der Waals surface area contributed by atoms with Gasteiger partial charge in [-0.2, -0.15) is 0 Å². The van der Waals surface area contributed by atoms with Crippen LogP contribution in [-0.2, 0) is 11.3 Å². The fraction of sp³-hybridized carbons (Fsp3) is 0.222. The van der Waals surface area contributed by atoms with E-state index in [2.05, 4.69) is 27.9 Å². The number of halogens is 2. The summed E-state index contributed by atoms with van der Waals surface area (Å²) in [7, 11) is 0. The van der Waals surface area contributed by atoms with Gasteiger partial charge in [-0.3, -0.25) is 4.79 Å². The third kappa shape index (κ3) is 3.52. The summed E-state index contributed by atoms with van der Waals surface area (Å²) < 4.78 is 1.07. The Kier molecular flexibility index (Phi) is 3.99. The molecule has 0 aliphatic rings. The standard InChI is InChI=1S/C9H9ClINO/c1-6(13)12-5-7-2-3-8(10)4-9(7)11/h2-4H,5H2,1H3,(H,12,13). The topological polar surface area (TPSA) is 29.1 Å². The highest BCUT2D eigenvalue weighted by Crippen LogP contribution is 2.17. The van der Waals surface area contributed by atoms with E-state index in [4.69, 9.17) is 11.6 Å². The Morgan fingerprint density at radius 2 is 2.31 bits per heavy atom. The third-order valence-corrected chi connectivity index (χ3v) is 2.78. The van der Waals surface area contributed by atoms with E-state index >= 15 is 0 Å². The molecule has 0 aliphatic carbocycles. The molecule has 0 saturated carbocycles. The summed E-state index contributed by atoms with van der Waals surface area (Å²) >= 11 is 7.98. The van der Waals surface area contributed by atoms with Crippen molar-refractivity contribution in [3.63, 3.8) is 0 Å². The number of amides is 1. The molecular formula is C9H9ClINO. The minimum Gasteiger partial charge on any atom is -0.352 e. The molecule has 1 rings (SSSR count). The second-order valence-electron chi connectivity index (χ2n) is 2.65. The zero-order chi connectivity index (χ0) is 9.84. The molecule has 0 atom stereocenters. The predicted molar refractivity (Wildman–Crippen MR) is 61.7 cm³/mol. The van der Waals surface area contributed by atoms with E-state index in [0.29, 0.717) is 6.54 Å². The smallest absolute Gasteiger partial charge is 0.217 e. The van der Waals surface area contributed by atoms with Crippen molar-refractivity contribution in [2.45, 2.75) is 13.5 Å². The molecule has 70 valence electrons. The highest BCUT2D eigenvalue weighted by Gasteiger charge is 2.00. The number of carbonyl (C=O) groups is 1. The van der Waals surface area contributed by atoms with E-state index in [9.17, 15) is 4.79 Å². The Hall–Kier alpha value is -0.290. The first-order valence-corrected chi connectivity index (χ1v) is 5.23. The number of rotatable bonds is 2. The molecule has 0 spiro atoms. The summed E-state index contributed by atoms with van der Waals surface area (Å²) in [5.41, 5.74) is 1.08. The van der Waals surface area contributed by atoms with Gasteiger partial charge in [0.2, 0.25) is 5.91 Å². The first-order chi connectivity index (χ1) is 6.09. The van der Waals surface area contributed by atoms with E-state index in [1.807, 2.05) is 18.2 Å². The van der Waals surface area contributed by atoms with Crippen molar-refractivity contribution in [2.24, 2.45) is 0 Å². The van der Waals surface area contributed by atoms with Crippen LogP contribution in [0.5, 0.6) is 0 Å². The summed E-state index contributed by atoms with van der Waals surface area (Å²) in [6.07, 6.45) is 0. The van der Waals surface area contributed by atoms with Gasteiger partial charge in [-0.25, -0.2) is 0 Å². The molecule has 0 fully saturated rings. The van der Waals surface area contributed by atoms with Gasteiger partial charge < -0.3 is 5.32 Å². The Morgan fingerprint density at radius 3 is 2.85 bits per heavy atom. The van der Waals surface area contributed by atoms with Crippen molar-refractivity contribution < 1.29 is 4.79 Å². The summed E-state index contributed by atoms with van der Waals surface area (Å²) in [5, 5.41) is 3.45. The Morgan fingerprint density at radius 1 is 1.62 bits per heavy atom. The number of benzene rings is 1. The minimum absolute atomic E-state index is 0.0225. The molecule has 1 amide bonds. The van der Waals surface area contributed by atoms with Crippen LogP contribution in [-0.4, -0.2) is 5.91 Å². The predicted octanol–water partition coefficient (Wildman–Crippen LogP) is 2.58. The number of carbonyl (C=O) groups excluding carboxylic acids is 1. The molecule has 2 nitrogen and oxygen atoms in total. The van der Waals surface area contributed by atoms with Crippen LogP contribution in [0.2, 0.25) is 5.02 Å². The van der Waals surface area contributed by atoms with E-state index in [1.165, 1.54) is 6.92 Å². The second kappa shape index (κ2) is 4.81. The first-order valence-electron chi connectivity index (χ1n) is 3.78. The largest absolute Gasteiger partial charge is 0.352 e. The van der Waals surface area contributed by atoms with Crippen molar-refractivity contribution in [2.75, 3.05) is 0 Å². The number of hydrogen-bond acceptors (Lipinski definition) is 1. The highest BCUT2D eigenvalue weighted by atomic mass is 127. The summed E-state index contributed by atoms with van der Waals surface area (Å²) in [6, 6.07) is 5.61. The third-order valence-electron chi connectivity index (χ3n) is 1.54. The van der Waals surface area contributed by atoms with Crippen LogP contribution < -0.4 is 5.32 Å². The van der Waals surface area contributed by atoms with E-state index in [1.54, 1.807) is 0 Å². The van der Waals surface area contributed by atoms with Crippen LogP contribution in [0, 0.1) is 3.57 Å². The Balaban J connectivity index is 2.72. The van der Waals surface area contributed by atoms with E-state index in [-0.39, 0.29) is 5.91 Å². The lowest BCUT2D eigenvalue weighted by Crippen LogP contribution is -2.19. The van der Waals surface area contributed by atoms with Gasteiger partial charge in [0.25, 0.3) is 0 Å². The number of hydrogen-bond donors (Lipinski definition) is 1. The first kappa shape index (κ1) is 10.8. The van der Waals surface area contributed by atoms with Gasteiger partial charge in [-0.15, -0.1) is 0 Å². The molecule has 4 heteroatoms. The molecule has 0 bridgehead atoms. The Labute approximate surface area is 95.8 Å². The number of nitrogens with one attached hydrogen (secondary N) is 1. The van der Waals surface area contributed by atoms with Crippen LogP contribution in [0.1, 0.15) is 12.5 Å². The van der Waals surface area contributed by atoms with Crippen molar-refractivity contribution in [3.8, 4) is 0 Å². The van der Waals surface area contributed by atoms with Crippen LogP contribution in [0.25, 0.3) is 0 Å². The lowest BCUT2D eigenvalue weighted by molar-refractivity contribution is -0.119. The van der Waals surface area contributed by atoms with Crippen LogP contribution >= 0.6 is 34.2 Å². The second-order valence-corrected chi connectivity index (χ2v) is 4.24. The molecule has 1 N–H and O–H groups in total. The highest BCUT2D eigenvalue weighted by molar-refractivity contribution is 14.1. The van der Waals surface area contributed by atoms with Crippen molar-refractivity contribution in [3.05, 3.63) is 32.4 Å². The SMILES string of the molecule is CC(=O)NCc1ccc(Cl)cc1I. The van der Waals surface area contributed by atoms with Gasteiger partial charge >= 0.3 is 0 Å². The zero-order valence-electron chi connectivity index (χ0n) is 7.10. The van der Waals surface area contributed by atoms with Crippen LogP contribution in [0.15, 0.2) is 18.2 Å². The zero-order valence-corrected chi connectivity index (χ0v) is 10.0. The molecule has 0 aliphatic heterocycles.